The number of carbonyl (C=O) groups is 3. The third-order valence-corrected chi connectivity index (χ3v) is 4.82. The first kappa shape index (κ1) is 19.5. The number of fused-ring (bicyclic) bond motifs is 1. The summed E-state index contributed by atoms with van der Waals surface area (Å²) in [6, 6.07) is 12.0. The molecule has 0 aliphatic carbocycles. The van der Waals surface area contributed by atoms with Crippen LogP contribution in [0, 0.1) is 5.92 Å². The first-order valence-electron chi connectivity index (χ1n) is 8.72. The number of anilines is 3. The molecular formula is C20H20N4O3S. The summed E-state index contributed by atoms with van der Waals surface area (Å²) in [7, 11) is 0. The van der Waals surface area contributed by atoms with Gasteiger partial charge in [0, 0.05) is 29.8 Å². The molecule has 0 atom stereocenters. The molecule has 144 valence electrons. The Hall–Kier alpha value is -3.26. The number of nitrogens with zero attached hydrogens (tertiary/aromatic N) is 1. The summed E-state index contributed by atoms with van der Waals surface area (Å²) in [5, 5.41) is 8.81. The quantitative estimate of drug-likeness (QED) is 0.604. The van der Waals surface area contributed by atoms with Gasteiger partial charge in [-0.05, 0) is 42.5 Å². The van der Waals surface area contributed by atoms with Gasteiger partial charge in [0.05, 0.1) is 10.2 Å². The van der Waals surface area contributed by atoms with Gasteiger partial charge < -0.3 is 16.0 Å². The number of hydrogen-bond acceptors (Lipinski definition) is 5. The smallest absolute Gasteiger partial charge is 0.255 e. The van der Waals surface area contributed by atoms with Gasteiger partial charge in [-0.3, -0.25) is 14.4 Å². The van der Waals surface area contributed by atoms with Crippen molar-refractivity contribution in [3.63, 3.8) is 0 Å². The van der Waals surface area contributed by atoms with Crippen LogP contribution in [-0.2, 0) is 9.59 Å². The van der Waals surface area contributed by atoms with Gasteiger partial charge >= 0.3 is 0 Å². The van der Waals surface area contributed by atoms with E-state index in [9.17, 15) is 14.4 Å². The zero-order chi connectivity index (χ0) is 20.3. The Bertz CT molecular complexity index is 1040. The van der Waals surface area contributed by atoms with Gasteiger partial charge in [-0.25, -0.2) is 4.98 Å². The van der Waals surface area contributed by atoms with Gasteiger partial charge in [-0.1, -0.05) is 25.2 Å². The highest BCUT2D eigenvalue weighted by molar-refractivity contribution is 7.22. The Balaban J connectivity index is 1.72. The topological polar surface area (TPSA) is 100 Å². The van der Waals surface area contributed by atoms with Crippen LogP contribution in [0.2, 0.25) is 0 Å². The largest absolute Gasteiger partial charge is 0.326 e. The third-order valence-electron chi connectivity index (χ3n) is 3.87. The molecule has 2 aromatic carbocycles. The molecule has 7 nitrogen and oxygen atoms in total. The zero-order valence-electron chi connectivity index (χ0n) is 15.7. The van der Waals surface area contributed by atoms with Crippen LogP contribution < -0.4 is 16.0 Å². The van der Waals surface area contributed by atoms with Crippen molar-refractivity contribution in [2.45, 2.75) is 20.8 Å². The van der Waals surface area contributed by atoms with Crippen LogP contribution in [0.5, 0.6) is 0 Å². The second-order valence-corrected chi connectivity index (χ2v) is 7.59. The predicted octanol–water partition coefficient (Wildman–Crippen LogP) is 4.10. The molecule has 3 amide bonds. The molecule has 0 unspecified atom stereocenters. The van der Waals surface area contributed by atoms with Gasteiger partial charge in [0.2, 0.25) is 11.8 Å². The van der Waals surface area contributed by atoms with Crippen LogP contribution in [0.3, 0.4) is 0 Å². The molecule has 8 heteroatoms. The average molecular weight is 396 g/mol. The molecule has 0 radical (unpaired) electrons. The van der Waals surface area contributed by atoms with Crippen molar-refractivity contribution in [1.29, 1.82) is 0 Å². The number of hydrogen-bond donors (Lipinski definition) is 3. The highest BCUT2D eigenvalue weighted by Gasteiger charge is 2.12. The highest BCUT2D eigenvalue weighted by atomic mass is 32.1. The fourth-order valence-electron chi connectivity index (χ4n) is 2.42. The van der Waals surface area contributed by atoms with Crippen LogP contribution in [-0.4, -0.2) is 22.7 Å². The maximum atomic E-state index is 12.4. The molecule has 0 fully saturated rings. The minimum absolute atomic E-state index is 0.0877. The molecule has 0 aliphatic rings. The van der Waals surface area contributed by atoms with Gasteiger partial charge in [-0.2, -0.15) is 0 Å². The van der Waals surface area contributed by atoms with Crippen LogP contribution in [0.1, 0.15) is 31.1 Å². The van der Waals surface area contributed by atoms with E-state index in [0.717, 1.165) is 4.70 Å². The predicted molar refractivity (Wildman–Crippen MR) is 112 cm³/mol. The molecule has 0 saturated heterocycles. The summed E-state index contributed by atoms with van der Waals surface area (Å²) in [6.07, 6.45) is 0. The molecule has 0 saturated carbocycles. The lowest BCUT2D eigenvalue weighted by atomic mass is 10.2. The van der Waals surface area contributed by atoms with E-state index in [4.69, 9.17) is 0 Å². The monoisotopic (exact) mass is 396 g/mol. The zero-order valence-corrected chi connectivity index (χ0v) is 16.5. The normalized spacial score (nSPS) is 10.7. The van der Waals surface area contributed by atoms with Crippen molar-refractivity contribution < 1.29 is 14.4 Å². The van der Waals surface area contributed by atoms with E-state index in [2.05, 4.69) is 20.9 Å². The fraction of sp³-hybridized carbons (Fsp3) is 0.200. The summed E-state index contributed by atoms with van der Waals surface area (Å²) in [6.45, 7) is 5.06. The van der Waals surface area contributed by atoms with Crippen LogP contribution in [0.15, 0.2) is 42.5 Å². The number of carbonyl (C=O) groups excluding carboxylic acids is 3. The van der Waals surface area contributed by atoms with Gasteiger partial charge in [0.25, 0.3) is 5.91 Å². The molecule has 0 spiro atoms. The first-order valence-corrected chi connectivity index (χ1v) is 9.54. The van der Waals surface area contributed by atoms with E-state index in [-0.39, 0.29) is 23.6 Å². The molecule has 3 aromatic rings. The van der Waals surface area contributed by atoms with Gasteiger partial charge in [0.15, 0.2) is 5.13 Å². The second kappa shape index (κ2) is 8.18. The van der Waals surface area contributed by atoms with E-state index in [1.54, 1.807) is 36.4 Å². The van der Waals surface area contributed by atoms with Crippen LogP contribution in [0.25, 0.3) is 10.2 Å². The van der Waals surface area contributed by atoms with E-state index in [1.165, 1.54) is 18.3 Å². The number of rotatable bonds is 5. The Kier molecular flexibility index (Phi) is 5.70. The lowest BCUT2D eigenvalue weighted by molar-refractivity contribution is -0.119. The molecular weight excluding hydrogens is 376 g/mol. The number of thiazole rings is 1. The number of amides is 3. The number of benzene rings is 2. The van der Waals surface area contributed by atoms with Crippen molar-refractivity contribution in [2.24, 2.45) is 5.92 Å². The minimum Gasteiger partial charge on any atom is -0.326 e. The third kappa shape index (κ3) is 4.72. The lowest BCUT2D eigenvalue weighted by Gasteiger charge is -2.06. The Morgan fingerprint density at radius 2 is 1.61 bits per heavy atom. The van der Waals surface area contributed by atoms with Crippen molar-refractivity contribution in [1.82, 2.24) is 4.98 Å². The van der Waals surface area contributed by atoms with Crippen molar-refractivity contribution >= 4 is 55.8 Å². The molecule has 3 rings (SSSR count). The Labute approximate surface area is 166 Å². The standard InChI is InChI=1S/C20H20N4O3S/c1-11(2)18(26)24-20-23-16-10-15(8-9-17(16)28-20)22-19(27)13-4-6-14(7-5-13)21-12(3)25/h4-11H,1-3H3,(H,21,25)(H,22,27)(H,23,24,26). The van der Waals surface area contributed by atoms with Crippen molar-refractivity contribution in [3.05, 3.63) is 48.0 Å². The maximum Gasteiger partial charge on any atom is 0.255 e. The Morgan fingerprint density at radius 1 is 0.929 bits per heavy atom. The van der Waals surface area contributed by atoms with E-state index in [0.29, 0.717) is 27.6 Å². The molecule has 0 aliphatic heterocycles. The van der Waals surface area contributed by atoms with E-state index >= 15 is 0 Å². The van der Waals surface area contributed by atoms with Crippen molar-refractivity contribution in [2.75, 3.05) is 16.0 Å². The first-order chi connectivity index (χ1) is 13.3. The lowest BCUT2D eigenvalue weighted by Crippen LogP contribution is -2.17. The SMILES string of the molecule is CC(=O)Nc1ccc(C(=O)Nc2ccc3sc(NC(=O)C(C)C)nc3c2)cc1. The highest BCUT2D eigenvalue weighted by Crippen LogP contribution is 2.28. The van der Waals surface area contributed by atoms with E-state index in [1.807, 2.05) is 19.9 Å². The molecule has 3 N–H and O–H groups in total. The maximum absolute atomic E-state index is 12.4. The number of aromatic nitrogens is 1. The molecule has 1 heterocycles. The minimum atomic E-state index is -0.266. The average Bonchev–Trinajstić information content (AvgIpc) is 3.03. The number of nitrogens with one attached hydrogen (secondary N) is 3. The van der Waals surface area contributed by atoms with Crippen molar-refractivity contribution in [3.8, 4) is 0 Å². The summed E-state index contributed by atoms with van der Waals surface area (Å²) in [5.74, 6) is -0.649. The summed E-state index contributed by atoms with van der Waals surface area (Å²) in [4.78, 5) is 39.7. The molecule has 0 bridgehead atoms. The van der Waals surface area contributed by atoms with Gasteiger partial charge in [-0.15, -0.1) is 0 Å². The summed E-state index contributed by atoms with van der Waals surface area (Å²) < 4.78 is 0.914. The van der Waals surface area contributed by atoms with Crippen LogP contribution in [0.4, 0.5) is 16.5 Å². The summed E-state index contributed by atoms with van der Waals surface area (Å²) >= 11 is 1.38. The van der Waals surface area contributed by atoms with E-state index < -0.39 is 0 Å². The Morgan fingerprint density at radius 3 is 2.25 bits per heavy atom. The molecule has 28 heavy (non-hydrogen) atoms. The molecule has 1 aromatic heterocycles. The second-order valence-electron chi connectivity index (χ2n) is 6.56. The summed E-state index contributed by atoms with van der Waals surface area (Å²) in [5.41, 5.74) is 2.40. The fourth-order valence-corrected chi connectivity index (χ4v) is 3.27. The van der Waals surface area contributed by atoms with Crippen LogP contribution >= 0.6 is 11.3 Å². The van der Waals surface area contributed by atoms with Gasteiger partial charge in [0.1, 0.15) is 0 Å².